The lowest BCUT2D eigenvalue weighted by atomic mass is 10.1. The molecule has 0 aliphatic rings. The van der Waals surface area contributed by atoms with Gasteiger partial charge in [-0.15, -0.1) is 0 Å². The molecule has 0 heterocycles. The Balaban J connectivity index is 2.50. The SMILES string of the molecule is C=CCOc1ccc(CCC(=O)N(C)CCCC)cc1N. The molecule has 1 aromatic rings. The second-order valence-electron chi connectivity index (χ2n) is 5.14. The summed E-state index contributed by atoms with van der Waals surface area (Å²) in [7, 11) is 1.86. The largest absolute Gasteiger partial charge is 0.487 e. The highest BCUT2D eigenvalue weighted by molar-refractivity contribution is 5.76. The molecule has 2 N–H and O–H groups in total. The van der Waals surface area contributed by atoms with Crippen molar-refractivity contribution in [2.45, 2.75) is 32.6 Å². The molecule has 1 amide bonds. The van der Waals surface area contributed by atoms with Crippen LogP contribution in [0.3, 0.4) is 0 Å². The Labute approximate surface area is 127 Å². The van der Waals surface area contributed by atoms with Crippen molar-refractivity contribution in [1.29, 1.82) is 0 Å². The number of amides is 1. The minimum atomic E-state index is 0.175. The molecule has 0 saturated heterocycles. The fourth-order valence-electron chi connectivity index (χ4n) is 2.00. The number of rotatable bonds is 9. The number of nitrogen functional groups attached to an aromatic ring is 1. The minimum absolute atomic E-state index is 0.175. The van der Waals surface area contributed by atoms with Gasteiger partial charge in [-0.05, 0) is 30.5 Å². The Morgan fingerprint density at radius 2 is 2.24 bits per heavy atom. The first kappa shape index (κ1) is 17.1. The first-order valence-corrected chi connectivity index (χ1v) is 7.44. The van der Waals surface area contributed by atoms with E-state index < -0.39 is 0 Å². The van der Waals surface area contributed by atoms with Crippen molar-refractivity contribution in [1.82, 2.24) is 4.90 Å². The number of carbonyl (C=O) groups excluding carboxylic acids is 1. The molecule has 0 saturated carbocycles. The average Bonchev–Trinajstić information content (AvgIpc) is 2.49. The van der Waals surface area contributed by atoms with Crippen LogP contribution < -0.4 is 10.5 Å². The fourth-order valence-corrected chi connectivity index (χ4v) is 2.00. The monoisotopic (exact) mass is 290 g/mol. The maximum absolute atomic E-state index is 12.0. The molecule has 21 heavy (non-hydrogen) atoms. The number of unbranched alkanes of at least 4 members (excludes halogenated alkanes) is 1. The molecule has 0 bridgehead atoms. The normalized spacial score (nSPS) is 10.2. The lowest BCUT2D eigenvalue weighted by Crippen LogP contribution is -2.27. The third kappa shape index (κ3) is 5.90. The topological polar surface area (TPSA) is 55.6 Å². The molecule has 1 rings (SSSR count). The highest BCUT2D eigenvalue weighted by atomic mass is 16.5. The van der Waals surface area contributed by atoms with Gasteiger partial charge in [-0.3, -0.25) is 4.79 Å². The van der Waals surface area contributed by atoms with E-state index in [0.29, 0.717) is 30.9 Å². The summed E-state index contributed by atoms with van der Waals surface area (Å²) in [6.45, 7) is 6.98. The summed E-state index contributed by atoms with van der Waals surface area (Å²) in [5.74, 6) is 0.832. The molecule has 0 atom stereocenters. The zero-order valence-electron chi connectivity index (χ0n) is 13.1. The van der Waals surface area contributed by atoms with Crippen molar-refractivity contribution >= 4 is 11.6 Å². The van der Waals surface area contributed by atoms with Gasteiger partial charge in [0.15, 0.2) is 0 Å². The molecule has 0 unspecified atom stereocenters. The molecule has 0 aromatic heterocycles. The van der Waals surface area contributed by atoms with Gasteiger partial charge in [0.05, 0.1) is 5.69 Å². The van der Waals surface area contributed by atoms with Crippen LogP contribution in [0.15, 0.2) is 30.9 Å². The van der Waals surface area contributed by atoms with Crippen LogP contribution in [0.1, 0.15) is 31.7 Å². The number of ether oxygens (including phenoxy) is 1. The van der Waals surface area contributed by atoms with Gasteiger partial charge >= 0.3 is 0 Å². The average molecular weight is 290 g/mol. The molecule has 0 aliphatic heterocycles. The predicted octanol–water partition coefficient (Wildman–Crippen LogP) is 3.02. The Morgan fingerprint density at radius 3 is 2.86 bits per heavy atom. The van der Waals surface area contributed by atoms with E-state index in [9.17, 15) is 4.79 Å². The Hall–Kier alpha value is -1.97. The molecule has 0 radical (unpaired) electrons. The van der Waals surface area contributed by atoms with Gasteiger partial charge in [-0.1, -0.05) is 32.1 Å². The van der Waals surface area contributed by atoms with E-state index in [1.807, 2.05) is 25.2 Å². The second kappa shape index (κ2) is 9.06. The van der Waals surface area contributed by atoms with Crippen molar-refractivity contribution in [3.8, 4) is 5.75 Å². The summed E-state index contributed by atoms with van der Waals surface area (Å²) < 4.78 is 5.43. The number of carbonyl (C=O) groups is 1. The van der Waals surface area contributed by atoms with Crippen LogP contribution in [-0.2, 0) is 11.2 Å². The summed E-state index contributed by atoms with van der Waals surface area (Å²) in [6, 6.07) is 5.67. The van der Waals surface area contributed by atoms with E-state index in [2.05, 4.69) is 13.5 Å². The summed E-state index contributed by atoms with van der Waals surface area (Å²) >= 11 is 0. The maximum atomic E-state index is 12.0. The lowest BCUT2D eigenvalue weighted by Gasteiger charge is -2.16. The first-order chi connectivity index (χ1) is 10.1. The summed E-state index contributed by atoms with van der Waals surface area (Å²) in [6.07, 6.45) is 5.02. The quantitative estimate of drug-likeness (QED) is 0.562. The third-order valence-corrected chi connectivity index (χ3v) is 3.33. The lowest BCUT2D eigenvalue weighted by molar-refractivity contribution is -0.129. The zero-order chi connectivity index (χ0) is 15.7. The number of nitrogens with zero attached hydrogens (tertiary/aromatic N) is 1. The molecular weight excluding hydrogens is 264 g/mol. The Bertz CT molecular complexity index is 472. The smallest absolute Gasteiger partial charge is 0.222 e. The van der Waals surface area contributed by atoms with Crippen molar-refractivity contribution < 1.29 is 9.53 Å². The van der Waals surface area contributed by atoms with Crippen molar-refractivity contribution in [2.24, 2.45) is 0 Å². The van der Waals surface area contributed by atoms with E-state index in [1.54, 1.807) is 11.0 Å². The maximum Gasteiger partial charge on any atom is 0.222 e. The number of benzene rings is 1. The van der Waals surface area contributed by atoms with Gasteiger partial charge < -0.3 is 15.4 Å². The molecule has 0 spiro atoms. The number of anilines is 1. The molecule has 116 valence electrons. The number of nitrogens with two attached hydrogens (primary N) is 1. The Kier molecular flexibility index (Phi) is 7.37. The number of hydrogen-bond acceptors (Lipinski definition) is 3. The van der Waals surface area contributed by atoms with Crippen LogP contribution in [0.25, 0.3) is 0 Å². The molecule has 0 fully saturated rings. The fraction of sp³-hybridized carbons (Fsp3) is 0.471. The molecule has 4 nitrogen and oxygen atoms in total. The van der Waals surface area contributed by atoms with Gasteiger partial charge in [-0.25, -0.2) is 0 Å². The van der Waals surface area contributed by atoms with E-state index in [0.717, 1.165) is 24.9 Å². The van der Waals surface area contributed by atoms with Gasteiger partial charge in [-0.2, -0.15) is 0 Å². The first-order valence-electron chi connectivity index (χ1n) is 7.44. The van der Waals surface area contributed by atoms with Crippen molar-refractivity contribution in [3.05, 3.63) is 36.4 Å². The number of aryl methyl sites for hydroxylation is 1. The molecular formula is C17H26N2O2. The van der Waals surface area contributed by atoms with Crippen LogP contribution in [0, 0.1) is 0 Å². The van der Waals surface area contributed by atoms with E-state index >= 15 is 0 Å². The van der Waals surface area contributed by atoms with E-state index in [-0.39, 0.29) is 5.91 Å². The summed E-state index contributed by atoms with van der Waals surface area (Å²) in [5, 5.41) is 0. The van der Waals surface area contributed by atoms with E-state index in [1.165, 1.54) is 0 Å². The highest BCUT2D eigenvalue weighted by Crippen LogP contribution is 2.23. The third-order valence-electron chi connectivity index (χ3n) is 3.33. The van der Waals surface area contributed by atoms with Crippen LogP contribution in [0.2, 0.25) is 0 Å². The predicted molar refractivity (Wildman–Crippen MR) is 87.4 cm³/mol. The highest BCUT2D eigenvalue weighted by Gasteiger charge is 2.09. The van der Waals surface area contributed by atoms with Crippen LogP contribution >= 0.6 is 0 Å². The van der Waals surface area contributed by atoms with Crippen molar-refractivity contribution in [2.75, 3.05) is 25.9 Å². The summed E-state index contributed by atoms with van der Waals surface area (Å²) in [5.41, 5.74) is 7.59. The molecule has 4 heteroatoms. The van der Waals surface area contributed by atoms with Crippen molar-refractivity contribution in [3.63, 3.8) is 0 Å². The summed E-state index contributed by atoms with van der Waals surface area (Å²) in [4.78, 5) is 13.8. The minimum Gasteiger partial charge on any atom is -0.487 e. The van der Waals surface area contributed by atoms with Crippen LogP contribution in [-0.4, -0.2) is 31.0 Å². The number of hydrogen-bond donors (Lipinski definition) is 1. The van der Waals surface area contributed by atoms with Gasteiger partial charge in [0.2, 0.25) is 5.91 Å². The van der Waals surface area contributed by atoms with Crippen LogP contribution in [0.5, 0.6) is 5.75 Å². The molecule has 0 aliphatic carbocycles. The zero-order valence-corrected chi connectivity index (χ0v) is 13.1. The standard InChI is InChI=1S/C17H26N2O2/c1-4-6-11-19(3)17(20)10-8-14-7-9-16(15(18)13-14)21-12-5-2/h5,7,9,13H,2,4,6,8,10-12,18H2,1,3H3. The molecule has 1 aromatic carbocycles. The van der Waals surface area contributed by atoms with Gasteiger partial charge in [0, 0.05) is 20.0 Å². The van der Waals surface area contributed by atoms with Gasteiger partial charge in [0.25, 0.3) is 0 Å². The van der Waals surface area contributed by atoms with E-state index in [4.69, 9.17) is 10.5 Å². The Morgan fingerprint density at radius 1 is 1.48 bits per heavy atom. The second-order valence-corrected chi connectivity index (χ2v) is 5.14. The van der Waals surface area contributed by atoms with Crippen LogP contribution in [0.4, 0.5) is 5.69 Å². The van der Waals surface area contributed by atoms with Gasteiger partial charge in [0.1, 0.15) is 12.4 Å².